The smallest absolute Gasteiger partial charge is 0.239 e. The summed E-state index contributed by atoms with van der Waals surface area (Å²) in [7, 11) is 1.64. The summed E-state index contributed by atoms with van der Waals surface area (Å²) < 4.78 is 0. The van der Waals surface area contributed by atoms with Crippen molar-refractivity contribution in [1.29, 1.82) is 0 Å². The summed E-state index contributed by atoms with van der Waals surface area (Å²) in [5, 5.41) is 6.31. The van der Waals surface area contributed by atoms with Crippen molar-refractivity contribution in [2.24, 2.45) is 11.7 Å². The van der Waals surface area contributed by atoms with Gasteiger partial charge in [-0.25, -0.2) is 0 Å². The molecular weight excluding hydrogens is 304 g/mol. The van der Waals surface area contributed by atoms with Crippen LogP contribution in [-0.4, -0.2) is 55.0 Å². The van der Waals surface area contributed by atoms with Gasteiger partial charge in [-0.2, -0.15) is 0 Å². The average Bonchev–Trinajstić information content (AvgIpc) is 2.96. The highest BCUT2D eigenvalue weighted by Crippen LogP contribution is 2.30. The lowest BCUT2D eigenvalue weighted by molar-refractivity contribution is -0.128. The van der Waals surface area contributed by atoms with E-state index < -0.39 is 5.54 Å². The van der Waals surface area contributed by atoms with Gasteiger partial charge in [0.05, 0.1) is 5.54 Å². The van der Waals surface area contributed by atoms with Crippen LogP contribution >= 0.6 is 0 Å². The van der Waals surface area contributed by atoms with Crippen LogP contribution in [0.25, 0.3) is 0 Å². The third-order valence-electron chi connectivity index (χ3n) is 5.45. The molecule has 2 rings (SSSR count). The Kier molecular flexibility index (Phi) is 7.04. The third kappa shape index (κ3) is 5.45. The molecule has 0 unspecified atom stereocenters. The Morgan fingerprint density at radius 2 is 2.17 bits per heavy atom. The Hall–Kier alpha value is -1.14. The zero-order valence-corrected chi connectivity index (χ0v) is 15.3. The zero-order chi connectivity index (χ0) is 17.6. The first-order valence-corrected chi connectivity index (χ1v) is 9.44. The quantitative estimate of drug-likeness (QED) is 0.576. The lowest BCUT2D eigenvalue weighted by Crippen LogP contribution is -2.52. The second-order valence-corrected chi connectivity index (χ2v) is 7.72. The van der Waals surface area contributed by atoms with E-state index in [0.29, 0.717) is 17.9 Å². The van der Waals surface area contributed by atoms with Crippen LogP contribution in [-0.2, 0) is 9.59 Å². The number of hydrogen-bond acceptors (Lipinski definition) is 4. The van der Waals surface area contributed by atoms with Crippen molar-refractivity contribution in [3.05, 3.63) is 0 Å². The Labute approximate surface area is 145 Å². The summed E-state index contributed by atoms with van der Waals surface area (Å²) in [5.41, 5.74) is 5.40. The number of nitrogens with two attached hydrogens (primary N) is 1. The number of nitrogens with zero attached hydrogens (tertiary/aromatic N) is 1. The molecule has 0 spiro atoms. The van der Waals surface area contributed by atoms with Crippen LogP contribution in [0.2, 0.25) is 0 Å². The van der Waals surface area contributed by atoms with Gasteiger partial charge in [-0.1, -0.05) is 12.8 Å². The van der Waals surface area contributed by atoms with Gasteiger partial charge < -0.3 is 21.3 Å². The Balaban J connectivity index is 1.67. The number of amides is 2. The molecule has 0 radical (unpaired) electrons. The molecule has 24 heavy (non-hydrogen) atoms. The first-order valence-electron chi connectivity index (χ1n) is 9.44. The van der Waals surface area contributed by atoms with Gasteiger partial charge in [0.2, 0.25) is 11.8 Å². The molecule has 1 saturated carbocycles. The van der Waals surface area contributed by atoms with E-state index in [1.165, 1.54) is 12.8 Å². The summed E-state index contributed by atoms with van der Waals surface area (Å²) >= 11 is 0. The van der Waals surface area contributed by atoms with Crippen molar-refractivity contribution in [2.75, 3.05) is 26.7 Å². The molecular formula is C18H34N4O2. The molecule has 0 aromatic rings. The van der Waals surface area contributed by atoms with Gasteiger partial charge in [-0.3, -0.25) is 9.59 Å². The number of rotatable bonds is 8. The molecule has 6 nitrogen and oxygen atoms in total. The molecule has 3 atom stereocenters. The van der Waals surface area contributed by atoms with Crippen molar-refractivity contribution in [3.8, 4) is 0 Å². The van der Waals surface area contributed by atoms with Gasteiger partial charge in [-0.05, 0) is 51.5 Å². The van der Waals surface area contributed by atoms with E-state index >= 15 is 0 Å². The Morgan fingerprint density at radius 3 is 2.83 bits per heavy atom. The number of hydrogen-bond donors (Lipinski definition) is 3. The summed E-state index contributed by atoms with van der Waals surface area (Å²) in [6.07, 6.45) is 8.13. The normalized spacial score (nSPS) is 27.1. The largest absolute Gasteiger partial charge is 0.358 e. The minimum absolute atomic E-state index is 0.0761. The van der Waals surface area contributed by atoms with Gasteiger partial charge in [0.1, 0.15) is 0 Å². The summed E-state index contributed by atoms with van der Waals surface area (Å²) in [6.45, 7) is 4.59. The van der Waals surface area contributed by atoms with E-state index in [1.54, 1.807) is 7.05 Å². The van der Waals surface area contributed by atoms with Gasteiger partial charge in [0.25, 0.3) is 0 Å². The number of nitrogens with one attached hydrogen (secondary N) is 2. The zero-order valence-electron chi connectivity index (χ0n) is 15.3. The van der Waals surface area contributed by atoms with Gasteiger partial charge in [0, 0.05) is 32.6 Å². The van der Waals surface area contributed by atoms with Gasteiger partial charge >= 0.3 is 0 Å². The van der Waals surface area contributed by atoms with Crippen molar-refractivity contribution < 1.29 is 9.59 Å². The highest BCUT2D eigenvalue weighted by Gasteiger charge is 2.33. The second-order valence-electron chi connectivity index (χ2n) is 7.72. The SMILES string of the molecule is CNC(=O)[C@](C)(N)C[C@H]1CCC[C@H](NCCCN2CCCC2=O)C1. The van der Waals surface area contributed by atoms with Crippen LogP contribution in [0.3, 0.4) is 0 Å². The maximum absolute atomic E-state index is 11.9. The monoisotopic (exact) mass is 338 g/mol. The van der Waals surface area contributed by atoms with Crippen LogP contribution < -0.4 is 16.4 Å². The van der Waals surface area contributed by atoms with Gasteiger partial charge in [0.15, 0.2) is 0 Å². The number of carbonyl (C=O) groups is 2. The predicted molar refractivity (Wildman–Crippen MR) is 95.5 cm³/mol. The van der Waals surface area contributed by atoms with Crippen LogP contribution in [0.1, 0.15) is 58.3 Å². The van der Waals surface area contributed by atoms with E-state index in [-0.39, 0.29) is 5.91 Å². The number of likely N-dealkylation sites (N-methyl/N-ethyl adjacent to an activating group) is 1. The molecule has 1 heterocycles. The Bertz CT molecular complexity index is 439. The highest BCUT2D eigenvalue weighted by molar-refractivity contribution is 5.85. The first kappa shape index (κ1) is 19.2. The molecule has 1 aliphatic heterocycles. The van der Waals surface area contributed by atoms with Crippen molar-refractivity contribution in [1.82, 2.24) is 15.5 Å². The second kappa shape index (κ2) is 8.81. The van der Waals surface area contributed by atoms with Crippen LogP contribution in [0, 0.1) is 5.92 Å². The van der Waals surface area contributed by atoms with Gasteiger partial charge in [-0.15, -0.1) is 0 Å². The lowest BCUT2D eigenvalue weighted by Gasteiger charge is -2.34. The van der Waals surface area contributed by atoms with E-state index in [4.69, 9.17) is 5.73 Å². The average molecular weight is 338 g/mol. The molecule has 0 bridgehead atoms. The molecule has 4 N–H and O–H groups in total. The van der Waals surface area contributed by atoms with E-state index in [1.807, 2.05) is 11.8 Å². The lowest BCUT2D eigenvalue weighted by atomic mass is 9.78. The van der Waals surface area contributed by atoms with Crippen LogP contribution in [0.15, 0.2) is 0 Å². The minimum Gasteiger partial charge on any atom is -0.358 e. The van der Waals surface area contributed by atoms with Crippen molar-refractivity contribution in [3.63, 3.8) is 0 Å². The fourth-order valence-electron chi connectivity index (χ4n) is 4.16. The maximum Gasteiger partial charge on any atom is 0.239 e. The molecule has 2 amide bonds. The third-order valence-corrected chi connectivity index (χ3v) is 5.45. The van der Waals surface area contributed by atoms with Crippen molar-refractivity contribution >= 4 is 11.8 Å². The molecule has 2 aliphatic rings. The molecule has 138 valence electrons. The first-order chi connectivity index (χ1) is 11.4. The number of carbonyl (C=O) groups excluding carboxylic acids is 2. The molecule has 1 saturated heterocycles. The highest BCUT2D eigenvalue weighted by atomic mass is 16.2. The molecule has 6 heteroatoms. The summed E-state index contributed by atoms with van der Waals surface area (Å²) in [5.74, 6) is 0.737. The molecule has 1 aliphatic carbocycles. The van der Waals surface area contributed by atoms with Crippen LogP contribution in [0.4, 0.5) is 0 Å². The fraction of sp³-hybridized carbons (Fsp3) is 0.889. The molecule has 2 fully saturated rings. The Morgan fingerprint density at radius 1 is 1.38 bits per heavy atom. The molecule has 0 aromatic heterocycles. The van der Waals surface area contributed by atoms with E-state index in [2.05, 4.69) is 10.6 Å². The maximum atomic E-state index is 11.9. The topological polar surface area (TPSA) is 87.5 Å². The summed E-state index contributed by atoms with van der Waals surface area (Å²) in [4.78, 5) is 25.4. The van der Waals surface area contributed by atoms with E-state index in [9.17, 15) is 9.59 Å². The standard InChI is InChI=1S/C18H34N4O2/c1-18(19,17(24)20-2)13-14-6-3-7-15(12-14)21-9-5-11-22-10-4-8-16(22)23/h14-15,21H,3-13,19H2,1-2H3,(H,20,24)/t14-,15-,18+/m0/s1. The fourth-order valence-corrected chi connectivity index (χ4v) is 4.16. The summed E-state index contributed by atoms with van der Waals surface area (Å²) in [6, 6.07) is 0.513. The molecule has 0 aromatic carbocycles. The van der Waals surface area contributed by atoms with E-state index in [0.717, 1.165) is 58.2 Å². The van der Waals surface area contributed by atoms with Crippen molar-refractivity contribution in [2.45, 2.75) is 69.9 Å². The van der Waals surface area contributed by atoms with Crippen LogP contribution in [0.5, 0.6) is 0 Å². The number of likely N-dealkylation sites (tertiary alicyclic amines) is 1. The minimum atomic E-state index is -0.780. The predicted octanol–water partition coefficient (Wildman–Crippen LogP) is 1.00.